The molecular formula is C34H34O12. The van der Waals surface area contributed by atoms with Crippen molar-refractivity contribution in [3.8, 4) is 34.5 Å². The molecule has 46 heavy (non-hydrogen) atoms. The number of methoxy groups -OCH3 is 4. The maximum absolute atomic E-state index is 13.0. The molecule has 0 spiro atoms. The summed E-state index contributed by atoms with van der Waals surface area (Å²) in [6.07, 6.45) is 0.327. The minimum atomic E-state index is -1.27. The van der Waals surface area contributed by atoms with Crippen molar-refractivity contribution < 1.29 is 57.4 Å². The smallest absolute Gasteiger partial charge is 0.347 e. The van der Waals surface area contributed by atoms with Crippen molar-refractivity contribution in [3.63, 3.8) is 0 Å². The first-order valence-corrected chi connectivity index (χ1v) is 14.3. The average molecular weight is 635 g/mol. The van der Waals surface area contributed by atoms with Gasteiger partial charge >= 0.3 is 17.9 Å². The first-order valence-electron chi connectivity index (χ1n) is 14.3. The molecule has 0 amide bonds. The van der Waals surface area contributed by atoms with Crippen LogP contribution in [0.4, 0.5) is 0 Å². The van der Waals surface area contributed by atoms with Crippen LogP contribution in [0.3, 0.4) is 0 Å². The van der Waals surface area contributed by atoms with Gasteiger partial charge in [0.2, 0.25) is 11.9 Å². The van der Waals surface area contributed by atoms with Gasteiger partial charge in [-0.3, -0.25) is 4.79 Å². The molecule has 3 aromatic rings. The normalized spacial score (nSPS) is 17.9. The lowest BCUT2D eigenvalue weighted by Crippen LogP contribution is -2.30. The molecule has 0 fully saturated rings. The minimum Gasteiger partial charge on any atom is -0.493 e. The predicted molar refractivity (Wildman–Crippen MR) is 163 cm³/mol. The number of esters is 2. The van der Waals surface area contributed by atoms with E-state index in [1.807, 2.05) is 0 Å². The van der Waals surface area contributed by atoms with Gasteiger partial charge in [0.25, 0.3) is 0 Å². The number of hydrogen-bond donors (Lipinski definition) is 1. The van der Waals surface area contributed by atoms with E-state index in [4.69, 9.17) is 37.9 Å². The zero-order valence-electron chi connectivity index (χ0n) is 26.2. The van der Waals surface area contributed by atoms with Gasteiger partial charge in [0.05, 0.1) is 28.4 Å². The number of fused-ring (bicyclic) bond motifs is 2. The number of ether oxygens (including phenoxy) is 8. The third-order valence-corrected chi connectivity index (χ3v) is 7.54. The first kappa shape index (κ1) is 32.0. The van der Waals surface area contributed by atoms with Gasteiger partial charge in [0.15, 0.2) is 34.5 Å². The summed E-state index contributed by atoms with van der Waals surface area (Å²) < 4.78 is 44.3. The van der Waals surface area contributed by atoms with Gasteiger partial charge in [0, 0.05) is 31.9 Å². The number of carboxylic acid groups (broad SMARTS) is 1. The molecule has 5 rings (SSSR count). The van der Waals surface area contributed by atoms with Crippen LogP contribution in [0.15, 0.2) is 54.6 Å². The Morgan fingerprint density at radius 3 is 2.26 bits per heavy atom. The Hall–Kier alpha value is -5.39. The summed E-state index contributed by atoms with van der Waals surface area (Å²) in [6.45, 7) is 3.54. The average Bonchev–Trinajstić information content (AvgIpc) is 3.59. The predicted octanol–water partition coefficient (Wildman–Crippen LogP) is 4.86. The lowest BCUT2D eigenvalue weighted by Gasteiger charge is -2.17. The maximum Gasteiger partial charge on any atom is 0.347 e. The van der Waals surface area contributed by atoms with Crippen LogP contribution < -0.4 is 28.4 Å². The van der Waals surface area contributed by atoms with Crippen LogP contribution in [-0.4, -0.2) is 63.3 Å². The molecule has 0 bridgehead atoms. The lowest BCUT2D eigenvalue weighted by atomic mass is 9.88. The van der Waals surface area contributed by atoms with Gasteiger partial charge in [-0.1, -0.05) is 18.2 Å². The molecule has 0 saturated heterocycles. The third kappa shape index (κ3) is 6.37. The van der Waals surface area contributed by atoms with Crippen molar-refractivity contribution in [1.82, 2.24) is 0 Å². The fourth-order valence-corrected chi connectivity index (χ4v) is 5.48. The highest BCUT2D eigenvalue weighted by Gasteiger charge is 2.44. The quantitative estimate of drug-likeness (QED) is 0.227. The number of rotatable bonds is 11. The van der Waals surface area contributed by atoms with Crippen LogP contribution in [0, 0.1) is 0 Å². The van der Waals surface area contributed by atoms with Crippen molar-refractivity contribution >= 4 is 24.0 Å². The Kier molecular flexibility index (Phi) is 8.99. The van der Waals surface area contributed by atoms with E-state index in [0.717, 1.165) is 6.08 Å². The third-order valence-electron chi connectivity index (χ3n) is 7.54. The van der Waals surface area contributed by atoms with Crippen molar-refractivity contribution in [3.05, 3.63) is 76.9 Å². The Labute approximate surface area is 265 Å². The Bertz CT molecular complexity index is 1690. The molecular weight excluding hydrogens is 600 g/mol. The molecule has 0 aromatic heterocycles. The molecule has 12 nitrogen and oxygen atoms in total. The Morgan fingerprint density at radius 2 is 1.59 bits per heavy atom. The van der Waals surface area contributed by atoms with Gasteiger partial charge in [-0.2, -0.15) is 0 Å². The zero-order valence-corrected chi connectivity index (χ0v) is 26.2. The van der Waals surface area contributed by atoms with Crippen molar-refractivity contribution in [1.29, 1.82) is 0 Å². The van der Waals surface area contributed by atoms with Crippen molar-refractivity contribution in [2.75, 3.05) is 28.4 Å². The fourth-order valence-electron chi connectivity index (χ4n) is 5.48. The van der Waals surface area contributed by atoms with Gasteiger partial charge in [-0.25, -0.2) is 9.59 Å². The van der Waals surface area contributed by atoms with E-state index >= 15 is 0 Å². The topological polar surface area (TPSA) is 145 Å². The van der Waals surface area contributed by atoms with Crippen LogP contribution in [0.1, 0.15) is 48.1 Å². The summed E-state index contributed by atoms with van der Waals surface area (Å²) in [6, 6.07) is 13.4. The molecule has 0 saturated carbocycles. The van der Waals surface area contributed by atoms with Crippen molar-refractivity contribution in [2.45, 2.75) is 44.2 Å². The highest BCUT2D eigenvalue weighted by Crippen LogP contribution is 2.53. The van der Waals surface area contributed by atoms with Crippen LogP contribution in [0.2, 0.25) is 0 Å². The van der Waals surface area contributed by atoms with Crippen LogP contribution >= 0.6 is 0 Å². The van der Waals surface area contributed by atoms with E-state index in [1.165, 1.54) is 34.5 Å². The summed E-state index contributed by atoms with van der Waals surface area (Å²) >= 11 is 0. The minimum absolute atomic E-state index is 0.00780. The number of carbonyl (C=O) groups excluding carboxylic acids is 2. The lowest BCUT2D eigenvalue weighted by molar-refractivity contribution is -0.162. The highest BCUT2D eigenvalue weighted by atomic mass is 16.7. The van der Waals surface area contributed by atoms with E-state index in [2.05, 4.69) is 0 Å². The second kappa shape index (κ2) is 12.9. The van der Waals surface area contributed by atoms with Crippen molar-refractivity contribution in [2.24, 2.45) is 0 Å². The highest BCUT2D eigenvalue weighted by molar-refractivity contribution is 5.91. The SMILES string of the molecule is COC(=O)[C@@H](Cc1ccc(OC)c(OC)c1)OC(=O)/C=C/c1ccc(OC)c2c1[C@H](C(=O)O)[C@@H](c1ccc3c(c1)OC(C)(C)O3)O2. The van der Waals surface area contributed by atoms with E-state index in [0.29, 0.717) is 51.0 Å². The summed E-state index contributed by atoms with van der Waals surface area (Å²) in [7, 11) is 5.63. The number of carboxylic acids is 1. The van der Waals surface area contributed by atoms with E-state index in [9.17, 15) is 19.5 Å². The van der Waals surface area contributed by atoms with E-state index in [1.54, 1.807) is 62.4 Å². The maximum atomic E-state index is 13.0. The summed E-state index contributed by atoms with van der Waals surface area (Å²) in [5, 5.41) is 10.4. The second-order valence-corrected chi connectivity index (χ2v) is 10.9. The van der Waals surface area contributed by atoms with Gasteiger partial charge in [-0.05, 0) is 53.1 Å². The molecule has 0 radical (unpaired) electrons. The fraction of sp³-hybridized carbons (Fsp3) is 0.324. The molecule has 2 aliphatic heterocycles. The number of hydrogen-bond acceptors (Lipinski definition) is 11. The molecule has 0 unspecified atom stereocenters. The standard InChI is InChI=1S/C34H34O12/c1-34(2)45-22-12-9-20(17-25(22)46-34)30-29(32(36)37)28-19(8-13-23(40-4)31(28)44-30)10-14-27(35)43-26(33(38)42-6)16-18-7-11-21(39-3)24(15-18)41-5/h7-15,17,26,29-30H,16H2,1-6H3,(H,36,37)/b14-10+/t26-,29+,30-/m1/s1. The largest absolute Gasteiger partial charge is 0.493 e. The van der Waals surface area contributed by atoms with Gasteiger partial charge < -0.3 is 43.0 Å². The summed E-state index contributed by atoms with van der Waals surface area (Å²) in [4.78, 5) is 38.2. The number of aliphatic carboxylic acids is 1. The van der Waals surface area contributed by atoms with Gasteiger partial charge in [-0.15, -0.1) is 0 Å². The first-order chi connectivity index (χ1) is 22.0. The number of benzene rings is 3. The number of carbonyl (C=O) groups is 3. The van der Waals surface area contributed by atoms with Gasteiger partial charge in [0.1, 0.15) is 12.0 Å². The van der Waals surface area contributed by atoms with Crippen LogP contribution in [-0.2, 0) is 30.3 Å². The molecule has 2 aliphatic rings. The molecule has 3 atom stereocenters. The Morgan fingerprint density at radius 1 is 0.891 bits per heavy atom. The van der Waals surface area contributed by atoms with E-state index < -0.39 is 41.8 Å². The molecule has 2 heterocycles. The summed E-state index contributed by atoms with van der Waals surface area (Å²) in [5.41, 5.74) is 1.89. The second-order valence-electron chi connectivity index (χ2n) is 10.9. The molecule has 242 valence electrons. The zero-order chi connectivity index (χ0) is 33.2. The monoisotopic (exact) mass is 634 g/mol. The van der Waals surface area contributed by atoms with Crippen LogP contribution in [0.25, 0.3) is 6.08 Å². The molecule has 0 aliphatic carbocycles. The molecule has 12 heteroatoms. The molecule has 1 N–H and O–H groups in total. The Balaban J connectivity index is 1.41. The molecule has 3 aromatic carbocycles. The summed E-state index contributed by atoms with van der Waals surface area (Å²) in [5.74, 6) is -2.27. The van der Waals surface area contributed by atoms with Crippen LogP contribution in [0.5, 0.6) is 34.5 Å². The van der Waals surface area contributed by atoms with E-state index in [-0.39, 0.29) is 12.2 Å².